The Bertz CT molecular complexity index is 1490. The number of unbranched alkanes of at least 4 members (excludes halogenated alkanes) is 4. The smallest absolute Gasteiger partial charge is 0.302 e. The molecule has 0 bridgehead atoms. The second-order valence-corrected chi connectivity index (χ2v) is 14.6. The fourth-order valence-electron chi connectivity index (χ4n) is 5.74. The molecule has 13 heteroatoms. The molecule has 1 saturated heterocycles. The summed E-state index contributed by atoms with van der Waals surface area (Å²) in [4.78, 5) is 69.5. The number of aryl methyl sites for hydroxylation is 1. The van der Waals surface area contributed by atoms with E-state index in [2.05, 4.69) is 15.6 Å². The first-order valence-electron chi connectivity index (χ1n) is 16.6. The fourth-order valence-corrected chi connectivity index (χ4v) is 6.54. The summed E-state index contributed by atoms with van der Waals surface area (Å²) in [6, 6.07) is 3.68. The number of benzene rings is 1. The summed E-state index contributed by atoms with van der Waals surface area (Å²) >= 11 is 1.53. The highest BCUT2D eigenvalue weighted by Gasteiger charge is 2.53. The van der Waals surface area contributed by atoms with Gasteiger partial charge >= 0.3 is 5.97 Å². The van der Waals surface area contributed by atoms with Gasteiger partial charge in [0, 0.05) is 31.9 Å². The normalized spacial score (nSPS) is 18.9. The number of likely N-dealkylation sites (tertiary alicyclic amines) is 1. The molecule has 2 aliphatic rings. The van der Waals surface area contributed by atoms with Gasteiger partial charge in [-0.1, -0.05) is 45.7 Å². The van der Waals surface area contributed by atoms with Crippen LogP contribution >= 0.6 is 11.3 Å². The van der Waals surface area contributed by atoms with Crippen LogP contribution in [0, 0.1) is 12.3 Å². The van der Waals surface area contributed by atoms with Crippen LogP contribution in [0.25, 0.3) is 10.4 Å². The Labute approximate surface area is 285 Å². The molecular weight excluding hydrogens is 639 g/mol. The number of thiazole rings is 1. The van der Waals surface area contributed by atoms with Crippen molar-refractivity contribution in [1.29, 1.82) is 0 Å². The van der Waals surface area contributed by atoms with Crippen molar-refractivity contribution < 1.29 is 37.8 Å². The lowest BCUT2D eigenvalue weighted by atomic mass is 9.85. The highest BCUT2D eigenvalue weighted by molar-refractivity contribution is 7.13. The minimum absolute atomic E-state index is 0.0379. The lowest BCUT2D eigenvalue weighted by Crippen LogP contribution is -2.59. The molecule has 1 aliphatic heterocycles. The van der Waals surface area contributed by atoms with Crippen LogP contribution < -0.4 is 15.4 Å². The molecule has 2 heterocycles. The first-order valence-corrected chi connectivity index (χ1v) is 17.5. The maximum Gasteiger partial charge on any atom is 0.302 e. The maximum atomic E-state index is 14.6. The quantitative estimate of drug-likeness (QED) is 0.145. The Morgan fingerprint density at radius 1 is 1.17 bits per heavy atom. The van der Waals surface area contributed by atoms with Gasteiger partial charge < -0.3 is 29.8 Å². The highest BCUT2D eigenvalue weighted by atomic mass is 32.1. The van der Waals surface area contributed by atoms with Gasteiger partial charge in [0.1, 0.15) is 30.2 Å². The van der Waals surface area contributed by atoms with E-state index in [0.717, 1.165) is 53.7 Å². The predicted molar refractivity (Wildman–Crippen MR) is 179 cm³/mol. The van der Waals surface area contributed by atoms with Gasteiger partial charge in [-0.05, 0) is 49.7 Å². The Morgan fingerprint density at radius 2 is 1.90 bits per heavy atom. The van der Waals surface area contributed by atoms with E-state index in [-0.39, 0.29) is 32.4 Å². The number of amides is 3. The number of nitrogens with one attached hydrogen (secondary N) is 2. The molecule has 1 aromatic heterocycles. The molecule has 3 atom stereocenters. The third-order valence-electron chi connectivity index (χ3n) is 8.67. The van der Waals surface area contributed by atoms with Crippen LogP contribution in [0.1, 0.15) is 90.3 Å². The summed E-state index contributed by atoms with van der Waals surface area (Å²) in [5.41, 5.74) is 1.60. The van der Waals surface area contributed by atoms with Crippen molar-refractivity contribution in [2.45, 2.75) is 116 Å². The van der Waals surface area contributed by atoms with Crippen LogP contribution in [0.4, 0.5) is 4.39 Å². The third-order valence-corrected chi connectivity index (χ3v) is 9.64. The number of ether oxygens (including phenoxy) is 2. The molecule has 11 nitrogen and oxygen atoms in total. The Hall–Kier alpha value is -3.87. The Morgan fingerprint density at radius 3 is 2.52 bits per heavy atom. The summed E-state index contributed by atoms with van der Waals surface area (Å²) in [5.74, 6) is -1.76. The van der Waals surface area contributed by atoms with Crippen molar-refractivity contribution in [3.05, 3.63) is 35.0 Å². The number of carbonyl (C=O) groups is 5. The van der Waals surface area contributed by atoms with Gasteiger partial charge in [-0.2, -0.15) is 0 Å². The zero-order chi connectivity index (χ0) is 35.1. The lowest BCUT2D eigenvalue weighted by molar-refractivity contribution is -0.147. The van der Waals surface area contributed by atoms with E-state index in [1.807, 2.05) is 25.1 Å². The summed E-state index contributed by atoms with van der Waals surface area (Å²) in [6.07, 6.45) is 4.55. The van der Waals surface area contributed by atoms with E-state index >= 15 is 0 Å². The molecule has 1 aliphatic carbocycles. The van der Waals surface area contributed by atoms with Crippen molar-refractivity contribution >= 4 is 41.3 Å². The van der Waals surface area contributed by atoms with Crippen LogP contribution in [0.15, 0.2) is 23.7 Å². The van der Waals surface area contributed by atoms with Crippen molar-refractivity contribution in [2.75, 3.05) is 13.2 Å². The molecule has 1 saturated carbocycles. The van der Waals surface area contributed by atoms with E-state index in [1.54, 1.807) is 26.3 Å². The zero-order valence-corrected chi connectivity index (χ0v) is 29.3. The predicted octanol–water partition coefficient (Wildman–Crippen LogP) is 4.83. The minimum atomic E-state index is -1.98. The van der Waals surface area contributed by atoms with E-state index in [9.17, 15) is 28.4 Å². The van der Waals surface area contributed by atoms with Gasteiger partial charge in [-0.15, -0.1) is 11.3 Å². The number of rotatable bonds is 16. The number of nitrogens with zero attached hydrogens (tertiary/aromatic N) is 2. The van der Waals surface area contributed by atoms with Gasteiger partial charge in [0.05, 0.1) is 29.2 Å². The average molecular weight is 687 g/mol. The molecule has 2 fully saturated rings. The van der Waals surface area contributed by atoms with Gasteiger partial charge in [-0.25, -0.2) is 9.37 Å². The molecule has 1 aromatic carbocycles. The van der Waals surface area contributed by atoms with Crippen LogP contribution in [0.5, 0.6) is 5.75 Å². The number of hydrogen-bond donors (Lipinski definition) is 2. The molecule has 3 amide bonds. The molecule has 0 unspecified atom stereocenters. The van der Waals surface area contributed by atoms with Crippen molar-refractivity contribution in [3.63, 3.8) is 0 Å². The van der Waals surface area contributed by atoms with E-state index < -0.39 is 53.0 Å². The van der Waals surface area contributed by atoms with Crippen molar-refractivity contribution in [3.8, 4) is 16.2 Å². The van der Waals surface area contributed by atoms with Gasteiger partial charge in [0.2, 0.25) is 11.8 Å². The molecule has 262 valence electrons. The summed E-state index contributed by atoms with van der Waals surface area (Å²) in [5, 5.41) is 5.54. The minimum Gasteiger partial charge on any atom is -0.493 e. The number of aromatic nitrogens is 1. The second-order valence-electron chi connectivity index (χ2n) is 13.7. The maximum absolute atomic E-state index is 14.6. The Balaban J connectivity index is 1.50. The van der Waals surface area contributed by atoms with Gasteiger partial charge in [-0.3, -0.25) is 19.2 Å². The molecule has 2 aromatic rings. The molecule has 48 heavy (non-hydrogen) atoms. The number of esters is 1. The number of hydrogen-bond acceptors (Lipinski definition) is 9. The number of halogens is 1. The Kier molecular flexibility index (Phi) is 12.3. The fraction of sp³-hybridized carbons (Fsp3) is 0.600. The topological polar surface area (TPSA) is 144 Å². The van der Waals surface area contributed by atoms with Gasteiger partial charge in [0.15, 0.2) is 5.67 Å². The first kappa shape index (κ1) is 37.0. The number of carbonyl (C=O) groups excluding carboxylic acids is 5. The van der Waals surface area contributed by atoms with Crippen LogP contribution in [0.2, 0.25) is 0 Å². The largest absolute Gasteiger partial charge is 0.493 e. The van der Waals surface area contributed by atoms with Gasteiger partial charge in [0.25, 0.3) is 5.91 Å². The summed E-state index contributed by atoms with van der Waals surface area (Å²) in [7, 11) is 0. The molecule has 0 radical (unpaired) electrons. The van der Waals surface area contributed by atoms with Crippen LogP contribution in [0.3, 0.4) is 0 Å². The molecule has 0 spiro atoms. The highest BCUT2D eigenvalue weighted by Crippen LogP contribution is 2.40. The number of aldehydes is 1. The first-order chi connectivity index (χ1) is 22.7. The summed E-state index contributed by atoms with van der Waals surface area (Å²) < 4.78 is 26.2. The van der Waals surface area contributed by atoms with Crippen LogP contribution in [-0.4, -0.2) is 76.9 Å². The van der Waals surface area contributed by atoms with Crippen molar-refractivity contribution in [2.24, 2.45) is 5.41 Å². The van der Waals surface area contributed by atoms with E-state index in [0.29, 0.717) is 18.8 Å². The molecule has 2 N–H and O–H groups in total. The van der Waals surface area contributed by atoms with E-state index in [1.165, 1.54) is 23.2 Å². The van der Waals surface area contributed by atoms with Crippen molar-refractivity contribution in [1.82, 2.24) is 20.5 Å². The number of alkyl halides is 1. The SMILES string of the molecule is CC(=O)O[C@@H]1C[C@@H](C(=O)NCc2ccc(-c3scnc3C)cc2OCCCCCCC=O)N(C(=O)[C@@H](NC(=O)C2(F)CC2)C(C)(C)C)C1. The molecular formula is C35H47FN4O7S. The lowest BCUT2D eigenvalue weighted by Gasteiger charge is -2.35. The summed E-state index contributed by atoms with van der Waals surface area (Å²) in [6.45, 7) is 9.00. The second kappa shape index (κ2) is 16.0. The van der Waals surface area contributed by atoms with Crippen LogP contribution in [-0.2, 0) is 35.3 Å². The third kappa shape index (κ3) is 9.61. The standard InChI is InChI=1S/C35H47FN4O7S/c1-22-29(48-21-38-22)24-11-12-25(28(17-24)46-16-10-8-6-7-9-15-41)19-37-31(43)27-18-26(47-23(2)42)20-40(27)32(44)30(34(3,4)5)39-33(45)35(36)13-14-35/h11-12,15,17,21,26-27,30H,6-10,13-14,16,18-20H2,1-5H3,(H,37,43)(H,39,45)/t26-,27+,30-/m1/s1. The molecule has 4 rings (SSSR count). The zero-order valence-electron chi connectivity index (χ0n) is 28.4. The monoisotopic (exact) mass is 686 g/mol. The van der Waals surface area contributed by atoms with E-state index in [4.69, 9.17) is 9.47 Å². The average Bonchev–Trinajstić information content (AvgIpc) is 3.42.